The Labute approximate surface area is 180 Å². The van der Waals surface area contributed by atoms with E-state index in [0.29, 0.717) is 10.6 Å². The van der Waals surface area contributed by atoms with Crippen LogP contribution in [0.1, 0.15) is 22.3 Å². The first-order valence-corrected chi connectivity index (χ1v) is 10.1. The minimum Gasteiger partial charge on any atom is -0.350 e. The molecule has 4 rings (SSSR count). The molecule has 0 radical (unpaired) electrons. The number of nitrogens with zero attached hydrogens (tertiary/aromatic N) is 1. The Bertz CT molecular complexity index is 1170. The monoisotopic (exact) mass is 416 g/mol. The molecule has 1 heterocycles. The minimum absolute atomic E-state index is 0.117. The number of para-hydroxylation sites is 1. The Kier molecular flexibility index (Phi) is 5.42. The zero-order valence-electron chi connectivity index (χ0n) is 16.8. The molecule has 0 atom stereocenters. The van der Waals surface area contributed by atoms with Crippen LogP contribution in [0.25, 0.3) is 5.57 Å². The van der Waals surface area contributed by atoms with Crippen LogP contribution >= 0.6 is 11.6 Å². The third-order valence-electron chi connectivity index (χ3n) is 5.15. The molecule has 0 aliphatic carbocycles. The maximum Gasteiger partial charge on any atom is 0.278 e. The van der Waals surface area contributed by atoms with Crippen molar-refractivity contribution in [2.75, 3.05) is 5.32 Å². The standard InChI is InChI=1S/C25H21ClN2O2/c1-16-12-13-20(17(2)14-16)22-23(27-19-9-4-3-5-10-19)25(30)28(24(22)29)15-18-8-6-7-11-21(18)26/h3-14,27H,15H2,1-2H3. The molecular formula is C25H21ClN2O2. The van der Waals surface area contributed by atoms with Crippen molar-refractivity contribution in [3.05, 3.63) is 106 Å². The van der Waals surface area contributed by atoms with Crippen molar-refractivity contribution in [3.8, 4) is 0 Å². The van der Waals surface area contributed by atoms with E-state index in [2.05, 4.69) is 5.32 Å². The van der Waals surface area contributed by atoms with Gasteiger partial charge in [0.25, 0.3) is 11.8 Å². The molecule has 3 aromatic rings. The highest BCUT2D eigenvalue weighted by molar-refractivity contribution is 6.37. The summed E-state index contributed by atoms with van der Waals surface area (Å²) in [5.74, 6) is -0.691. The molecule has 30 heavy (non-hydrogen) atoms. The normalized spacial score (nSPS) is 13.9. The Morgan fingerprint density at radius 1 is 0.867 bits per heavy atom. The maximum atomic E-state index is 13.4. The van der Waals surface area contributed by atoms with Crippen LogP contribution in [0.2, 0.25) is 5.02 Å². The van der Waals surface area contributed by atoms with Gasteiger partial charge in [-0.15, -0.1) is 0 Å². The molecule has 1 aliphatic rings. The second-order valence-electron chi connectivity index (χ2n) is 7.35. The average molecular weight is 417 g/mol. The van der Waals surface area contributed by atoms with E-state index in [1.165, 1.54) is 4.90 Å². The van der Waals surface area contributed by atoms with E-state index in [9.17, 15) is 9.59 Å². The van der Waals surface area contributed by atoms with E-state index in [1.807, 2.05) is 80.6 Å². The Morgan fingerprint density at radius 2 is 1.57 bits per heavy atom. The van der Waals surface area contributed by atoms with E-state index < -0.39 is 0 Å². The highest BCUT2D eigenvalue weighted by Gasteiger charge is 2.39. The third-order valence-corrected chi connectivity index (χ3v) is 5.52. The lowest BCUT2D eigenvalue weighted by Gasteiger charge is -2.16. The topological polar surface area (TPSA) is 49.4 Å². The molecule has 150 valence electrons. The molecule has 0 aromatic heterocycles. The molecule has 0 saturated heterocycles. The molecule has 0 unspecified atom stereocenters. The fourth-order valence-electron chi connectivity index (χ4n) is 3.64. The number of imide groups is 1. The van der Waals surface area contributed by atoms with Gasteiger partial charge in [0.1, 0.15) is 5.70 Å². The van der Waals surface area contributed by atoms with Gasteiger partial charge >= 0.3 is 0 Å². The predicted molar refractivity (Wildman–Crippen MR) is 120 cm³/mol. The number of aryl methyl sites for hydroxylation is 2. The lowest BCUT2D eigenvalue weighted by molar-refractivity contribution is -0.137. The average Bonchev–Trinajstić information content (AvgIpc) is 2.95. The molecule has 1 aliphatic heterocycles. The number of nitrogens with one attached hydrogen (secondary N) is 1. The first-order valence-electron chi connectivity index (χ1n) is 9.69. The summed E-state index contributed by atoms with van der Waals surface area (Å²) in [6.07, 6.45) is 0. The molecule has 0 spiro atoms. The first kappa shape index (κ1) is 19.9. The van der Waals surface area contributed by atoms with E-state index >= 15 is 0 Å². The number of benzene rings is 3. The molecule has 5 heteroatoms. The van der Waals surface area contributed by atoms with Gasteiger partial charge in [0.15, 0.2) is 0 Å². The van der Waals surface area contributed by atoms with Crippen LogP contribution in [0, 0.1) is 13.8 Å². The SMILES string of the molecule is Cc1ccc(C2=C(Nc3ccccc3)C(=O)N(Cc3ccccc3Cl)C2=O)c(C)c1. The van der Waals surface area contributed by atoms with Crippen molar-refractivity contribution < 1.29 is 9.59 Å². The predicted octanol–water partition coefficient (Wildman–Crippen LogP) is 5.35. The molecule has 0 saturated carbocycles. The highest BCUT2D eigenvalue weighted by Crippen LogP contribution is 2.34. The molecule has 3 aromatic carbocycles. The Morgan fingerprint density at radius 3 is 2.27 bits per heavy atom. The summed E-state index contributed by atoms with van der Waals surface area (Å²) in [4.78, 5) is 28.0. The highest BCUT2D eigenvalue weighted by atomic mass is 35.5. The van der Waals surface area contributed by atoms with Gasteiger partial charge in [0.2, 0.25) is 0 Å². The molecule has 2 amide bonds. The van der Waals surface area contributed by atoms with Gasteiger partial charge < -0.3 is 5.32 Å². The van der Waals surface area contributed by atoms with Crippen molar-refractivity contribution in [2.45, 2.75) is 20.4 Å². The van der Waals surface area contributed by atoms with Crippen LogP contribution in [0.3, 0.4) is 0 Å². The van der Waals surface area contributed by atoms with Gasteiger partial charge in [-0.25, -0.2) is 0 Å². The first-order chi connectivity index (χ1) is 14.5. The number of rotatable bonds is 5. The fourth-order valence-corrected chi connectivity index (χ4v) is 3.84. The quantitative estimate of drug-likeness (QED) is 0.570. The number of carbonyl (C=O) groups excluding carboxylic acids is 2. The Balaban J connectivity index is 1.79. The zero-order valence-corrected chi connectivity index (χ0v) is 17.5. The maximum absolute atomic E-state index is 13.4. The van der Waals surface area contributed by atoms with Crippen molar-refractivity contribution in [2.24, 2.45) is 0 Å². The summed E-state index contributed by atoms with van der Waals surface area (Å²) in [6, 6.07) is 22.5. The van der Waals surface area contributed by atoms with Gasteiger partial charge in [-0.2, -0.15) is 0 Å². The van der Waals surface area contributed by atoms with Crippen molar-refractivity contribution >= 4 is 34.7 Å². The number of halogens is 1. The van der Waals surface area contributed by atoms with Crippen molar-refractivity contribution in [1.82, 2.24) is 4.90 Å². The number of hydrogen-bond acceptors (Lipinski definition) is 3. The van der Waals surface area contributed by atoms with Gasteiger partial charge in [-0.3, -0.25) is 14.5 Å². The zero-order chi connectivity index (χ0) is 21.3. The Hall–Kier alpha value is -3.37. The summed E-state index contributed by atoms with van der Waals surface area (Å²) in [5, 5.41) is 3.70. The molecule has 4 nitrogen and oxygen atoms in total. The van der Waals surface area contributed by atoms with Crippen LogP contribution in [0.15, 0.2) is 78.5 Å². The number of hydrogen-bond donors (Lipinski definition) is 1. The van der Waals surface area contributed by atoms with Crippen molar-refractivity contribution in [1.29, 1.82) is 0 Å². The molecule has 1 N–H and O–H groups in total. The molecule has 0 fully saturated rings. The van der Waals surface area contributed by atoms with Crippen LogP contribution < -0.4 is 5.32 Å². The van der Waals surface area contributed by atoms with E-state index in [4.69, 9.17) is 11.6 Å². The molecule has 0 bridgehead atoms. The number of carbonyl (C=O) groups is 2. The second-order valence-corrected chi connectivity index (χ2v) is 7.75. The van der Waals surface area contributed by atoms with E-state index in [0.717, 1.165) is 27.9 Å². The van der Waals surface area contributed by atoms with Gasteiger partial charge in [0.05, 0.1) is 12.1 Å². The third kappa shape index (κ3) is 3.74. The lowest BCUT2D eigenvalue weighted by atomic mass is 9.97. The van der Waals surface area contributed by atoms with Crippen LogP contribution in [-0.2, 0) is 16.1 Å². The second kappa shape index (κ2) is 8.17. The summed E-state index contributed by atoms with van der Waals surface area (Å²) in [7, 11) is 0. The van der Waals surface area contributed by atoms with E-state index in [1.54, 1.807) is 6.07 Å². The lowest BCUT2D eigenvalue weighted by Crippen LogP contribution is -2.32. The summed E-state index contributed by atoms with van der Waals surface area (Å²) >= 11 is 6.28. The van der Waals surface area contributed by atoms with Crippen LogP contribution in [0.5, 0.6) is 0 Å². The fraction of sp³-hybridized carbons (Fsp3) is 0.120. The number of amides is 2. The smallest absolute Gasteiger partial charge is 0.278 e. The van der Waals surface area contributed by atoms with Crippen LogP contribution in [-0.4, -0.2) is 16.7 Å². The van der Waals surface area contributed by atoms with E-state index in [-0.39, 0.29) is 24.1 Å². The summed E-state index contributed by atoms with van der Waals surface area (Å²) < 4.78 is 0. The number of anilines is 1. The van der Waals surface area contributed by atoms with Crippen molar-refractivity contribution in [3.63, 3.8) is 0 Å². The minimum atomic E-state index is -0.362. The van der Waals surface area contributed by atoms with Gasteiger partial charge in [-0.05, 0) is 48.7 Å². The van der Waals surface area contributed by atoms with Crippen LogP contribution in [0.4, 0.5) is 5.69 Å². The van der Waals surface area contributed by atoms with Gasteiger partial charge in [-0.1, -0.05) is 71.8 Å². The summed E-state index contributed by atoms with van der Waals surface area (Å²) in [5.41, 5.74) is 4.92. The largest absolute Gasteiger partial charge is 0.350 e. The summed E-state index contributed by atoms with van der Waals surface area (Å²) in [6.45, 7) is 4.06. The van der Waals surface area contributed by atoms with Gasteiger partial charge in [0, 0.05) is 10.7 Å². The molecular weight excluding hydrogens is 396 g/mol.